The van der Waals surface area contributed by atoms with E-state index in [1.165, 1.54) is 65.6 Å². The zero-order valence-corrected chi connectivity index (χ0v) is 34.5. The molecule has 0 saturated carbocycles. The molecular formula is C59H41N3. The molecule has 2 aromatic heterocycles. The number of para-hydroxylation sites is 2. The van der Waals surface area contributed by atoms with Crippen molar-refractivity contribution in [2.75, 3.05) is 0 Å². The average molecular weight is 792 g/mol. The zero-order chi connectivity index (χ0) is 41.1. The first-order valence-corrected chi connectivity index (χ1v) is 21.6. The molecule has 62 heavy (non-hydrogen) atoms. The summed E-state index contributed by atoms with van der Waals surface area (Å²) in [4.78, 5) is 0. The van der Waals surface area contributed by atoms with Crippen molar-refractivity contribution < 1.29 is 0 Å². The van der Waals surface area contributed by atoms with Crippen molar-refractivity contribution in [3.63, 3.8) is 0 Å². The van der Waals surface area contributed by atoms with Crippen LogP contribution in [0.3, 0.4) is 0 Å². The minimum absolute atomic E-state index is 0.116. The fourth-order valence-electron chi connectivity index (χ4n) is 10.7. The van der Waals surface area contributed by atoms with Crippen LogP contribution in [0.15, 0.2) is 212 Å². The number of hydrogen-bond donors (Lipinski definition) is 0. The van der Waals surface area contributed by atoms with Crippen molar-refractivity contribution >= 4 is 76.2 Å². The summed E-state index contributed by atoms with van der Waals surface area (Å²) in [5.41, 5.74) is 15.5. The Hall–Kier alpha value is -7.88. The van der Waals surface area contributed by atoms with Gasteiger partial charge in [-0.1, -0.05) is 135 Å². The molecule has 3 nitrogen and oxygen atoms in total. The van der Waals surface area contributed by atoms with Crippen LogP contribution in [0.25, 0.3) is 104 Å². The Labute approximate surface area is 359 Å². The molecule has 0 amide bonds. The minimum Gasteiger partial charge on any atom is -0.310 e. The lowest BCUT2D eigenvalue weighted by Gasteiger charge is -2.22. The van der Waals surface area contributed by atoms with Crippen LogP contribution < -0.4 is 0 Å². The third-order valence-corrected chi connectivity index (χ3v) is 13.6. The van der Waals surface area contributed by atoms with E-state index in [0.29, 0.717) is 0 Å². The van der Waals surface area contributed by atoms with E-state index in [1.54, 1.807) is 0 Å². The monoisotopic (exact) mass is 791 g/mol. The number of benzene rings is 10. The lowest BCUT2D eigenvalue weighted by Crippen LogP contribution is -2.15. The highest BCUT2D eigenvalue weighted by Gasteiger charge is 2.35. The first kappa shape index (κ1) is 34.9. The van der Waals surface area contributed by atoms with E-state index in [4.69, 9.17) is 0 Å². The Morgan fingerprint density at radius 3 is 1.66 bits per heavy atom. The predicted octanol–water partition coefficient (Wildman–Crippen LogP) is 15.6. The molecule has 0 fully saturated rings. The lowest BCUT2D eigenvalue weighted by atomic mass is 9.82. The molecule has 12 aromatic rings. The zero-order valence-electron chi connectivity index (χ0n) is 34.5. The highest BCUT2D eigenvalue weighted by atomic mass is 15.0. The summed E-state index contributed by atoms with van der Waals surface area (Å²) in [5, 5.41) is 9.63. The Morgan fingerprint density at radius 2 is 0.903 bits per heavy atom. The van der Waals surface area contributed by atoms with Crippen molar-refractivity contribution in [3.05, 3.63) is 223 Å². The molecule has 0 spiro atoms. The SMILES string of the molecule is CC1(C)c2ccccc2-c2ccc(-n3c4cccc(c4)c4cccc(c4)n(-c4cccc5c4c4ccccc4n5-c4ccccc4)c4ccc5ccc6ccc3cc6c5c4)cc21. The van der Waals surface area contributed by atoms with E-state index in [2.05, 4.69) is 240 Å². The standard InChI is InChI=1S/C59H41N3/c1-59(2)53-21-8-6-19-48(53)49-32-31-47(37-54(49)59)60-43-17-10-13-40(33-43)41-14-11-18-44(34-41)61(46-30-28-39-26-25-38-27-29-45(60)35-51(38)52(39)36-46)56-23-12-24-57-58(56)50-20-7-9-22-55(50)62(57)42-15-4-3-5-16-42/h3-37H,1-2H3. The number of fused-ring (bicyclic) bond motifs is 13. The third kappa shape index (κ3) is 5.06. The summed E-state index contributed by atoms with van der Waals surface area (Å²) >= 11 is 0. The Balaban J connectivity index is 1.16. The van der Waals surface area contributed by atoms with Crippen LogP contribution in [0, 0.1) is 0 Å². The summed E-state index contributed by atoms with van der Waals surface area (Å²) in [7, 11) is 0. The van der Waals surface area contributed by atoms with E-state index in [9.17, 15) is 0 Å². The minimum atomic E-state index is -0.116. The number of aromatic nitrogens is 3. The maximum absolute atomic E-state index is 2.47. The van der Waals surface area contributed by atoms with Crippen molar-refractivity contribution in [1.29, 1.82) is 0 Å². The average Bonchev–Trinajstić information content (AvgIpc) is 3.78. The molecular weight excluding hydrogens is 751 g/mol. The van der Waals surface area contributed by atoms with Gasteiger partial charge in [0.2, 0.25) is 0 Å². The van der Waals surface area contributed by atoms with E-state index in [0.717, 1.165) is 49.9 Å². The van der Waals surface area contributed by atoms with Crippen LogP contribution in [0.5, 0.6) is 0 Å². The second kappa shape index (κ2) is 13.1. The van der Waals surface area contributed by atoms with Gasteiger partial charge in [-0.25, -0.2) is 0 Å². The summed E-state index contributed by atoms with van der Waals surface area (Å²) in [6.45, 7) is 4.73. The van der Waals surface area contributed by atoms with Crippen LogP contribution in [0.2, 0.25) is 0 Å². The largest absolute Gasteiger partial charge is 0.310 e. The van der Waals surface area contributed by atoms with Crippen LogP contribution in [-0.4, -0.2) is 13.7 Å². The summed E-state index contributed by atoms with van der Waals surface area (Å²) in [6.07, 6.45) is 0. The van der Waals surface area contributed by atoms with Gasteiger partial charge in [-0.15, -0.1) is 0 Å². The summed E-state index contributed by atoms with van der Waals surface area (Å²) < 4.78 is 7.33. The fraction of sp³-hybridized carbons (Fsp3) is 0.0508. The van der Waals surface area contributed by atoms with Crippen LogP contribution in [0.4, 0.5) is 0 Å². The van der Waals surface area contributed by atoms with E-state index < -0.39 is 0 Å². The summed E-state index contributed by atoms with van der Waals surface area (Å²) in [5.74, 6) is 0. The van der Waals surface area contributed by atoms with Crippen molar-refractivity contribution in [2.45, 2.75) is 19.3 Å². The first-order chi connectivity index (χ1) is 30.5. The molecule has 3 heteroatoms. The van der Waals surface area contributed by atoms with Gasteiger partial charge in [-0.05, 0) is 146 Å². The van der Waals surface area contributed by atoms with Gasteiger partial charge < -0.3 is 13.7 Å². The van der Waals surface area contributed by atoms with Gasteiger partial charge in [-0.2, -0.15) is 0 Å². The first-order valence-electron chi connectivity index (χ1n) is 21.6. The number of rotatable bonds is 3. The molecule has 0 unspecified atom stereocenters. The van der Waals surface area contributed by atoms with Crippen molar-refractivity contribution in [1.82, 2.24) is 13.7 Å². The highest BCUT2D eigenvalue weighted by Crippen LogP contribution is 2.49. The molecule has 0 aliphatic heterocycles. The number of hydrogen-bond acceptors (Lipinski definition) is 0. The number of nitrogens with zero attached hydrogens (tertiary/aromatic N) is 3. The molecule has 0 saturated heterocycles. The van der Waals surface area contributed by atoms with E-state index >= 15 is 0 Å². The van der Waals surface area contributed by atoms with E-state index in [1.807, 2.05) is 0 Å². The molecule has 0 atom stereocenters. The second-order valence-corrected chi connectivity index (χ2v) is 17.4. The van der Waals surface area contributed by atoms with Gasteiger partial charge >= 0.3 is 0 Å². The van der Waals surface area contributed by atoms with Gasteiger partial charge in [0.15, 0.2) is 0 Å². The van der Waals surface area contributed by atoms with Gasteiger partial charge in [0.25, 0.3) is 0 Å². The molecule has 0 radical (unpaired) electrons. The van der Waals surface area contributed by atoms with Gasteiger partial charge in [-0.3, -0.25) is 0 Å². The Morgan fingerprint density at radius 1 is 0.323 bits per heavy atom. The molecule has 1 aliphatic rings. The second-order valence-electron chi connectivity index (χ2n) is 17.4. The van der Waals surface area contributed by atoms with Gasteiger partial charge in [0.05, 0.1) is 16.7 Å². The van der Waals surface area contributed by atoms with E-state index in [-0.39, 0.29) is 5.41 Å². The molecule has 10 aromatic carbocycles. The maximum Gasteiger partial charge on any atom is 0.0562 e. The quantitative estimate of drug-likeness (QED) is 0.158. The Kier molecular flexibility index (Phi) is 7.36. The third-order valence-electron chi connectivity index (χ3n) is 13.6. The Bertz CT molecular complexity index is 3890. The molecule has 2 heterocycles. The summed E-state index contributed by atoms with van der Waals surface area (Å²) in [6, 6.07) is 79.0. The fourth-order valence-corrected chi connectivity index (χ4v) is 10.7. The predicted molar refractivity (Wildman–Crippen MR) is 262 cm³/mol. The molecule has 0 N–H and O–H groups in total. The van der Waals surface area contributed by atoms with Crippen molar-refractivity contribution in [3.8, 4) is 28.2 Å². The molecule has 8 bridgehead atoms. The topological polar surface area (TPSA) is 14.8 Å². The normalized spacial score (nSPS) is 13.1. The maximum atomic E-state index is 2.47. The lowest BCUT2D eigenvalue weighted by molar-refractivity contribution is 0.660. The van der Waals surface area contributed by atoms with Crippen LogP contribution in [0.1, 0.15) is 25.0 Å². The van der Waals surface area contributed by atoms with Crippen LogP contribution >= 0.6 is 0 Å². The highest BCUT2D eigenvalue weighted by molar-refractivity contribution is 6.14. The molecule has 13 rings (SSSR count). The van der Waals surface area contributed by atoms with Gasteiger partial charge in [0, 0.05) is 49.6 Å². The molecule has 1 aliphatic carbocycles. The van der Waals surface area contributed by atoms with Crippen molar-refractivity contribution in [2.24, 2.45) is 0 Å². The molecule has 292 valence electrons. The van der Waals surface area contributed by atoms with Gasteiger partial charge in [0.1, 0.15) is 0 Å². The van der Waals surface area contributed by atoms with Crippen LogP contribution in [-0.2, 0) is 5.41 Å². The smallest absolute Gasteiger partial charge is 0.0562 e.